The summed E-state index contributed by atoms with van der Waals surface area (Å²) >= 11 is 0. The van der Waals surface area contributed by atoms with E-state index in [0.29, 0.717) is 31.1 Å². The predicted octanol–water partition coefficient (Wildman–Crippen LogP) is 5.59. The minimum atomic E-state index is -0.771. The molecule has 0 bridgehead atoms. The molecule has 1 aromatic carbocycles. The fourth-order valence-electron chi connectivity index (χ4n) is 4.61. The number of amides is 1. The van der Waals surface area contributed by atoms with Crippen molar-refractivity contribution in [2.75, 3.05) is 6.61 Å². The zero-order valence-corrected chi connectivity index (χ0v) is 24.7. The van der Waals surface area contributed by atoms with Crippen molar-refractivity contribution < 1.29 is 19.4 Å². The maximum atomic E-state index is 13.0. The lowest BCUT2D eigenvalue weighted by atomic mass is 9.78. The molecule has 37 heavy (non-hydrogen) atoms. The first-order valence-electron chi connectivity index (χ1n) is 14.2. The van der Waals surface area contributed by atoms with Crippen LogP contribution in [-0.2, 0) is 16.0 Å². The molecule has 0 aliphatic carbocycles. The van der Waals surface area contributed by atoms with Gasteiger partial charge in [-0.15, -0.1) is 0 Å². The standard InChI is InChI=1S/C31H54N2O4/c1-9-10-15-37-29-17-23(12-11-22(29)6)16-24(20(2)3)18-26(32)28(35)19-25(21(4)5)27(34)13-14-31(7,8)30(33)36/h11-12,17,20-21,24-26,28,35H,9-10,13-16,18-19,32H2,1-8H3,(H2,33,36)/t24-,25-,26-,28-/m0/s1. The van der Waals surface area contributed by atoms with Crippen LogP contribution in [-0.4, -0.2) is 35.5 Å². The number of benzene rings is 1. The monoisotopic (exact) mass is 518 g/mol. The number of carbonyl (C=O) groups excluding carboxylic acids is 2. The fraction of sp³-hybridized carbons (Fsp3) is 0.742. The van der Waals surface area contributed by atoms with E-state index in [0.717, 1.165) is 37.2 Å². The molecule has 0 radical (unpaired) electrons. The molecule has 0 saturated carbocycles. The Morgan fingerprint density at radius 1 is 1.08 bits per heavy atom. The average Bonchev–Trinajstić information content (AvgIpc) is 2.81. The Hall–Kier alpha value is -1.92. The largest absolute Gasteiger partial charge is 0.493 e. The number of aliphatic hydroxyl groups excluding tert-OH is 1. The first kappa shape index (κ1) is 33.1. The number of nitrogens with two attached hydrogens (primary N) is 2. The van der Waals surface area contributed by atoms with E-state index in [1.165, 1.54) is 5.56 Å². The van der Waals surface area contributed by atoms with Gasteiger partial charge in [0.1, 0.15) is 11.5 Å². The molecule has 0 fully saturated rings. The quantitative estimate of drug-likeness (QED) is 0.219. The molecule has 0 saturated heterocycles. The number of ketones is 1. The molecule has 0 aliphatic heterocycles. The summed E-state index contributed by atoms with van der Waals surface area (Å²) in [6.45, 7) is 16.8. The van der Waals surface area contributed by atoms with E-state index in [-0.39, 0.29) is 24.0 Å². The van der Waals surface area contributed by atoms with Gasteiger partial charge in [0.05, 0.1) is 12.7 Å². The van der Waals surface area contributed by atoms with Crippen molar-refractivity contribution >= 4 is 11.7 Å². The Labute approximate surface area is 225 Å². The predicted molar refractivity (Wildman–Crippen MR) is 152 cm³/mol. The summed E-state index contributed by atoms with van der Waals surface area (Å²) in [5.74, 6) is 1.05. The number of primary amides is 1. The Morgan fingerprint density at radius 3 is 2.27 bits per heavy atom. The highest BCUT2D eigenvalue weighted by atomic mass is 16.5. The number of Topliss-reactive ketones (excluding diaryl/α,β-unsaturated/α-hetero) is 1. The summed E-state index contributed by atoms with van der Waals surface area (Å²) in [4.78, 5) is 24.7. The number of hydrogen-bond donors (Lipinski definition) is 3. The van der Waals surface area contributed by atoms with Gasteiger partial charge in [-0.2, -0.15) is 0 Å². The van der Waals surface area contributed by atoms with Crippen LogP contribution in [0.15, 0.2) is 18.2 Å². The number of hydrogen-bond acceptors (Lipinski definition) is 5. The Bertz CT molecular complexity index is 850. The Balaban J connectivity index is 2.83. The zero-order valence-electron chi connectivity index (χ0n) is 24.7. The van der Waals surface area contributed by atoms with Crippen LogP contribution in [0.5, 0.6) is 5.75 Å². The lowest BCUT2D eigenvalue weighted by molar-refractivity contribution is -0.128. The summed E-state index contributed by atoms with van der Waals surface area (Å²) in [5.41, 5.74) is 13.6. The summed E-state index contributed by atoms with van der Waals surface area (Å²) in [6.07, 6.45) is 3.90. The van der Waals surface area contributed by atoms with Gasteiger partial charge in [-0.1, -0.05) is 67.0 Å². The first-order chi connectivity index (χ1) is 17.2. The van der Waals surface area contributed by atoms with E-state index >= 15 is 0 Å². The minimum absolute atomic E-state index is 0.0613. The summed E-state index contributed by atoms with van der Waals surface area (Å²) < 4.78 is 6.00. The van der Waals surface area contributed by atoms with Gasteiger partial charge in [-0.3, -0.25) is 9.59 Å². The summed E-state index contributed by atoms with van der Waals surface area (Å²) in [5, 5.41) is 11.0. The van der Waals surface area contributed by atoms with Crippen molar-refractivity contribution in [2.45, 2.75) is 112 Å². The molecule has 0 heterocycles. The number of rotatable bonds is 18. The van der Waals surface area contributed by atoms with Gasteiger partial charge in [0.2, 0.25) is 5.91 Å². The third-order valence-corrected chi connectivity index (χ3v) is 7.90. The highest BCUT2D eigenvalue weighted by molar-refractivity contribution is 5.84. The second kappa shape index (κ2) is 15.5. The van der Waals surface area contributed by atoms with Crippen LogP contribution in [0.3, 0.4) is 0 Å². The lowest BCUT2D eigenvalue weighted by Gasteiger charge is -2.30. The van der Waals surface area contributed by atoms with Crippen molar-refractivity contribution in [2.24, 2.45) is 40.6 Å². The van der Waals surface area contributed by atoms with Crippen LogP contribution in [0.1, 0.15) is 98.1 Å². The molecule has 0 spiro atoms. The van der Waals surface area contributed by atoms with E-state index < -0.39 is 23.5 Å². The molecule has 6 nitrogen and oxygen atoms in total. The number of ether oxygens (including phenoxy) is 1. The van der Waals surface area contributed by atoms with E-state index in [2.05, 4.69) is 45.9 Å². The molecule has 212 valence electrons. The van der Waals surface area contributed by atoms with Gasteiger partial charge in [0.25, 0.3) is 0 Å². The van der Waals surface area contributed by atoms with Gasteiger partial charge in [-0.05, 0) is 74.0 Å². The van der Waals surface area contributed by atoms with Crippen molar-refractivity contribution in [3.05, 3.63) is 29.3 Å². The maximum absolute atomic E-state index is 13.0. The molecule has 0 aromatic heterocycles. The van der Waals surface area contributed by atoms with Gasteiger partial charge in [0.15, 0.2) is 0 Å². The highest BCUT2D eigenvalue weighted by Gasteiger charge is 2.32. The third kappa shape index (κ3) is 11.2. The SMILES string of the molecule is CCCCOc1cc(C[C@@H](C[C@H](N)[C@@H](O)C[C@H](C(=O)CCC(C)(C)C(N)=O)C(C)C)C(C)C)ccc1C. The van der Waals surface area contributed by atoms with E-state index in [1.807, 2.05) is 13.8 Å². The molecule has 5 N–H and O–H groups in total. The van der Waals surface area contributed by atoms with Crippen LogP contribution in [0.25, 0.3) is 0 Å². The molecule has 0 unspecified atom stereocenters. The molecular formula is C31H54N2O4. The van der Waals surface area contributed by atoms with Crippen molar-refractivity contribution in [3.63, 3.8) is 0 Å². The summed E-state index contributed by atoms with van der Waals surface area (Å²) in [7, 11) is 0. The lowest BCUT2D eigenvalue weighted by Crippen LogP contribution is -2.41. The topological polar surface area (TPSA) is 116 Å². The van der Waals surface area contributed by atoms with Crippen LogP contribution in [0.2, 0.25) is 0 Å². The smallest absolute Gasteiger partial charge is 0.223 e. The molecule has 1 amide bonds. The van der Waals surface area contributed by atoms with Gasteiger partial charge in [-0.25, -0.2) is 0 Å². The van der Waals surface area contributed by atoms with Crippen molar-refractivity contribution in [1.82, 2.24) is 0 Å². The Morgan fingerprint density at radius 2 is 1.73 bits per heavy atom. The fourth-order valence-corrected chi connectivity index (χ4v) is 4.61. The average molecular weight is 519 g/mol. The van der Waals surface area contributed by atoms with Gasteiger partial charge in [0, 0.05) is 23.8 Å². The molecule has 1 rings (SSSR count). The summed E-state index contributed by atoms with van der Waals surface area (Å²) in [6, 6.07) is 5.99. The normalized spacial score (nSPS) is 15.5. The van der Waals surface area contributed by atoms with Gasteiger partial charge < -0.3 is 21.3 Å². The Kier molecular flexibility index (Phi) is 13.9. The number of aryl methyl sites for hydroxylation is 1. The first-order valence-corrected chi connectivity index (χ1v) is 14.2. The number of carbonyl (C=O) groups is 2. The van der Waals surface area contributed by atoms with E-state index in [1.54, 1.807) is 13.8 Å². The zero-order chi connectivity index (χ0) is 28.3. The third-order valence-electron chi connectivity index (χ3n) is 7.90. The van der Waals surface area contributed by atoms with Gasteiger partial charge >= 0.3 is 0 Å². The van der Waals surface area contributed by atoms with Crippen molar-refractivity contribution in [1.29, 1.82) is 0 Å². The van der Waals surface area contributed by atoms with E-state index in [9.17, 15) is 14.7 Å². The molecule has 6 heteroatoms. The minimum Gasteiger partial charge on any atom is -0.493 e. The number of aliphatic hydroxyl groups is 1. The van der Waals surface area contributed by atoms with Crippen LogP contribution >= 0.6 is 0 Å². The van der Waals surface area contributed by atoms with Crippen LogP contribution in [0.4, 0.5) is 0 Å². The maximum Gasteiger partial charge on any atom is 0.223 e. The molecule has 1 aromatic rings. The highest BCUT2D eigenvalue weighted by Crippen LogP contribution is 2.30. The van der Waals surface area contributed by atoms with E-state index in [4.69, 9.17) is 16.2 Å². The van der Waals surface area contributed by atoms with Crippen LogP contribution < -0.4 is 16.2 Å². The number of unbranched alkanes of at least 4 members (excludes halogenated alkanes) is 1. The molecular weight excluding hydrogens is 464 g/mol. The second-order valence-corrected chi connectivity index (χ2v) is 12.3. The van der Waals surface area contributed by atoms with Crippen molar-refractivity contribution in [3.8, 4) is 5.75 Å². The molecule has 0 aliphatic rings. The molecule has 4 atom stereocenters. The second-order valence-electron chi connectivity index (χ2n) is 12.3. The van der Waals surface area contributed by atoms with Crippen LogP contribution in [0, 0.1) is 36.0 Å².